The minimum Gasteiger partial charge on any atom is -0.460 e. The van der Waals surface area contributed by atoms with Crippen LogP contribution in [0.2, 0.25) is 0 Å². The molecule has 1 fully saturated rings. The summed E-state index contributed by atoms with van der Waals surface area (Å²) in [4.78, 5) is 12.3. The highest BCUT2D eigenvalue weighted by Crippen LogP contribution is 2.25. The second kappa shape index (κ2) is 7.18. The van der Waals surface area contributed by atoms with Crippen LogP contribution in [0.25, 0.3) is 0 Å². The second-order valence-corrected chi connectivity index (χ2v) is 9.14. The van der Waals surface area contributed by atoms with Crippen LogP contribution in [0.4, 0.5) is 0 Å². The van der Waals surface area contributed by atoms with Crippen molar-refractivity contribution in [3.63, 3.8) is 0 Å². The molecule has 0 spiro atoms. The van der Waals surface area contributed by atoms with Crippen molar-refractivity contribution in [2.75, 3.05) is 19.1 Å². The summed E-state index contributed by atoms with van der Waals surface area (Å²) in [5.74, 6) is -0.733. The lowest BCUT2D eigenvalue weighted by molar-refractivity contribution is -0.148. The Morgan fingerprint density at radius 3 is 2.33 bits per heavy atom. The molecule has 0 amide bonds. The van der Waals surface area contributed by atoms with Gasteiger partial charge in [0.1, 0.15) is 12.6 Å². The monoisotopic (exact) mass is 377 g/mol. The van der Waals surface area contributed by atoms with Gasteiger partial charge in [-0.05, 0) is 5.56 Å². The van der Waals surface area contributed by atoms with Gasteiger partial charge in [-0.25, -0.2) is 8.42 Å². The summed E-state index contributed by atoms with van der Waals surface area (Å²) in [5, 5.41) is 0. The van der Waals surface area contributed by atoms with Crippen molar-refractivity contribution in [1.29, 1.82) is 0 Å². The van der Waals surface area contributed by atoms with E-state index in [-0.39, 0.29) is 19.6 Å². The average Bonchev–Trinajstić information content (AvgIpc) is 2.88. The van der Waals surface area contributed by atoms with Crippen LogP contribution < -0.4 is 0 Å². The normalized spacial score (nSPS) is 22.4. The Labute approximate surface area is 141 Å². The number of sulfonamides is 1. The fourth-order valence-electron chi connectivity index (χ4n) is 2.49. The number of benzene rings is 1. The first kappa shape index (κ1) is 18.8. The van der Waals surface area contributed by atoms with Gasteiger partial charge in [-0.1, -0.05) is 30.3 Å². The quantitative estimate of drug-likeness (QED) is 0.511. The van der Waals surface area contributed by atoms with Crippen LogP contribution in [0.1, 0.15) is 12.0 Å². The molecule has 10 heteroatoms. The van der Waals surface area contributed by atoms with Gasteiger partial charge in [0.25, 0.3) is 10.1 Å². The third kappa shape index (κ3) is 5.26. The highest BCUT2D eigenvalue weighted by atomic mass is 32.2. The van der Waals surface area contributed by atoms with Gasteiger partial charge in [0.15, 0.2) is 0 Å². The highest BCUT2D eigenvalue weighted by molar-refractivity contribution is 7.88. The number of esters is 1. The van der Waals surface area contributed by atoms with Gasteiger partial charge in [-0.2, -0.15) is 12.7 Å². The van der Waals surface area contributed by atoms with Crippen molar-refractivity contribution in [2.45, 2.75) is 25.2 Å². The van der Waals surface area contributed by atoms with Crippen LogP contribution in [0.15, 0.2) is 30.3 Å². The summed E-state index contributed by atoms with van der Waals surface area (Å²) < 4.78 is 57.0. The molecular weight excluding hydrogens is 358 g/mol. The molecule has 24 heavy (non-hydrogen) atoms. The average molecular weight is 377 g/mol. The van der Waals surface area contributed by atoms with Crippen molar-refractivity contribution >= 4 is 26.1 Å². The molecule has 0 bridgehead atoms. The van der Waals surface area contributed by atoms with E-state index in [1.165, 1.54) is 0 Å². The summed E-state index contributed by atoms with van der Waals surface area (Å²) in [7, 11) is -7.46. The lowest BCUT2D eigenvalue weighted by atomic mass is 10.2. The van der Waals surface area contributed by atoms with Crippen LogP contribution >= 0.6 is 0 Å². The molecule has 2 atom stereocenters. The summed E-state index contributed by atoms with van der Waals surface area (Å²) >= 11 is 0. The maximum absolute atomic E-state index is 12.3. The SMILES string of the molecule is CS(=O)(=O)O[C@H]1C[C@@H](C(=O)OCc2ccccc2)N(S(C)(=O)=O)C1. The zero-order valence-corrected chi connectivity index (χ0v) is 14.9. The highest BCUT2D eigenvalue weighted by Gasteiger charge is 2.44. The Balaban J connectivity index is 2.08. The Bertz CT molecular complexity index is 790. The molecule has 0 N–H and O–H groups in total. The predicted molar refractivity (Wildman–Crippen MR) is 85.9 cm³/mol. The maximum atomic E-state index is 12.3. The van der Waals surface area contributed by atoms with Gasteiger partial charge < -0.3 is 4.74 Å². The summed E-state index contributed by atoms with van der Waals surface area (Å²) in [5.41, 5.74) is 0.763. The lowest BCUT2D eigenvalue weighted by Crippen LogP contribution is -2.40. The van der Waals surface area contributed by atoms with E-state index in [9.17, 15) is 21.6 Å². The van der Waals surface area contributed by atoms with Gasteiger partial charge in [0.2, 0.25) is 10.0 Å². The Kier molecular flexibility index (Phi) is 5.63. The molecule has 2 rings (SSSR count). The largest absolute Gasteiger partial charge is 0.460 e. The molecule has 8 nitrogen and oxygen atoms in total. The van der Waals surface area contributed by atoms with Gasteiger partial charge >= 0.3 is 5.97 Å². The minimum atomic E-state index is -3.75. The number of hydrogen-bond donors (Lipinski definition) is 0. The molecule has 1 aliphatic rings. The zero-order chi connectivity index (χ0) is 18.0. The van der Waals surface area contributed by atoms with E-state index in [1.807, 2.05) is 6.07 Å². The van der Waals surface area contributed by atoms with Gasteiger partial charge in [0, 0.05) is 13.0 Å². The number of ether oxygens (including phenoxy) is 1. The standard InChI is InChI=1S/C14H19NO7S2/c1-23(17,18)15-9-12(22-24(2,19)20)8-13(15)14(16)21-10-11-6-4-3-5-7-11/h3-7,12-13H,8-10H2,1-2H3/t12-,13-/m0/s1. The van der Waals surface area contributed by atoms with E-state index < -0.39 is 38.3 Å². The van der Waals surface area contributed by atoms with E-state index in [1.54, 1.807) is 24.3 Å². The molecule has 134 valence electrons. The van der Waals surface area contributed by atoms with Gasteiger partial charge in [-0.3, -0.25) is 8.98 Å². The molecule has 1 aliphatic heterocycles. The molecule has 0 aliphatic carbocycles. The van der Waals surface area contributed by atoms with Crippen molar-refractivity contribution in [2.24, 2.45) is 0 Å². The van der Waals surface area contributed by atoms with E-state index in [2.05, 4.69) is 0 Å². The molecular formula is C14H19NO7S2. The van der Waals surface area contributed by atoms with Gasteiger partial charge in [-0.15, -0.1) is 0 Å². The smallest absolute Gasteiger partial charge is 0.324 e. The van der Waals surface area contributed by atoms with Gasteiger partial charge in [0.05, 0.1) is 18.6 Å². The summed E-state index contributed by atoms with van der Waals surface area (Å²) in [6.45, 7) is -0.206. The lowest BCUT2D eigenvalue weighted by Gasteiger charge is -2.20. The number of carbonyl (C=O) groups is 1. The van der Waals surface area contributed by atoms with Crippen molar-refractivity contribution in [3.8, 4) is 0 Å². The summed E-state index contributed by atoms with van der Waals surface area (Å²) in [6.07, 6.45) is 0.837. The van der Waals surface area contributed by atoms with Crippen LogP contribution in [-0.4, -0.2) is 58.3 Å². The first-order chi connectivity index (χ1) is 11.1. The topological polar surface area (TPSA) is 107 Å². The Morgan fingerprint density at radius 2 is 1.79 bits per heavy atom. The predicted octanol–water partition coefficient (Wildman–Crippen LogP) is 0.108. The minimum absolute atomic E-state index is 0.00533. The van der Waals surface area contributed by atoms with Crippen molar-refractivity contribution < 1.29 is 30.6 Å². The maximum Gasteiger partial charge on any atom is 0.324 e. The first-order valence-corrected chi connectivity index (χ1v) is 10.8. The number of hydrogen-bond acceptors (Lipinski definition) is 7. The van der Waals surface area contributed by atoms with Crippen LogP contribution in [0.3, 0.4) is 0 Å². The number of nitrogens with zero attached hydrogens (tertiary/aromatic N) is 1. The Morgan fingerprint density at radius 1 is 1.17 bits per heavy atom. The first-order valence-electron chi connectivity index (χ1n) is 7.12. The zero-order valence-electron chi connectivity index (χ0n) is 13.3. The molecule has 1 heterocycles. The number of rotatable bonds is 6. The molecule has 1 aromatic carbocycles. The molecule has 1 aromatic rings. The molecule has 0 radical (unpaired) electrons. The number of carbonyl (C=O) groups excluding carboxylic acids is 1. The third-order valence-corrected chi connectivity index (χ3v) is 5.33. The molecule has 1 saturated heterocycles. The van der Waals surface area contributed by atoms with Crippen molar-refractivity contribution in [1.82, 2.24) is 4.31 Å². The third-order valence-electron chi connectivity index (χ3n) is 3.45. The molecule has 0 aromatic heterocycles. The Hall–Kier alpha value is -1.49. The van der Waals surface area contributed by atoms with Crippen LogP contribution in [0.5, 0.6) is 0 Å². The van der Waals surface area contributed by atoms with Crippen molar-refractivity contribution in [3.05, 3.63) is 35.9 Å². The summed E-state index contributed by atoms with van der Waals surface area (Å²) in [6, 6.07) is 7.84. The fraction of sp³-hybridized carbons (Fsp3) is 0.500. The molecule has 0 saturated carbocycles. The van der Waals surface area contributed by atoms with Crippen LogP contribution in [0, 0.1) is 0 Å². The van der Waals surface area contributed by atoms with E-state index in [0.29, 0.717) is 0 Å². The van der Waals surface area contributed by atoms with E-state index >= 15 is 0 Å². The van der Waals surface area contributed by atoms with E-state index in [4.69, 9.17) is 8.92 Å². The molecule has 0 unspecified atom stereocenters. The fourth-order valence-corrected chi connectivity index (χ4v) is 4.20. The van der Waals surface area contributed by atoms with E-state index in [0.717, 1.165) is 22.4 Å². The second-order valence-electron chi connectivity index (χ2n) is 5.60. The van der Waals surface area contributed by atoms with Crippen LogP contribution in [-0.2, 0) is 40.5 Å².